The van der Waals surface area contributed by atoms with Gasteiger partial charge in [0.15, 0.2) is 5.82 Å². The Labute approximate surface area is 113 Å². The molecule has 0 heterocycles. The molecule has 0 aromatic heterocycles. The Morgan fingerprint density at radius 1 is 1.28 bits per heavy atom. The lowest BCUT2D eigenvalue weighted by Crippen LogP contribution is -2.13. The van der Waals surface area contributed by atoms with E-state index >= 15 is 0 Å². The lowest BCUT2D eigenvalue weighted by atomic mass is 10.2. The normalized spacial score (nSPS) is 10.4. The van der Waals surface area contributed by atoms with Crippen LogP contribution in [0, 0.1) is 11.6 Å². The maximum absolute atomic E-state index is 13.4. The minimum Gasteiger partial charge on any atom is -0.330 e. The zero-order valence-electron chi connectivity index (χ0n) is 9.81. The fourth-order valence-electron chi connectivity index (χ4n) is 1.47. The quantitative estimate of drug-likeness (QED) is 0.791. The van der Waals surface area contributed by atoms with Crippen LogP contribution in [-0.2, 0) is 4.79 Å². The molecule has 0 fully saturated rings. The summed E-state index contributed by atoms with van der Waals surface area (Å²) in [7, 11) is 0. The fraction of sp³-hybridized carbons (Fsp3) is 0.417. The number of anilines is 1. The van der Waals surface area contributed by atoms with Gasteiger partial charge in [0.2, 0.25) is 5.91 Å². The van der Waals surface area contributed by atoms with Crippen LogP contribution in [0.5, 0.6) is 0 Å². The first-order valence-corrected chi connectivity index (χ1v) is 6.48. The van der Waals surface area contributed by atoms with Crippen molar-refractivity contribution in [2.45, 2.75) is 25.7 Å². The number of nitrogens with two attached hydrogens (primary N) is 1. The molecular weight excluding hydrogens is 306 g/mol. The number of rotatable bonds is 6. The summed E-state index contributed by atoms with van der Waals surface area (Å²) in [6.45, 7) is 0.597. The molecule has 1 amide bonds. The third-order valence-electron chi connectivity index (χ3n) is 2.38. The molecule has 100 valence electrons. The monoisotopic (exact) mass is 320 g/mol. The molecule has 18 heavy (non-hydrogen) atoms. The molecule has 0 saturated heterocycles. The smallest absolute Gasteiger partial charge is 0.224 e. The Hall–Kier alpha value is -1.01. The topological polar surface area (TPSA) is 55.1 Å². The average molecular weight is 321 g/mol. The number of nitrogens with one attached hydrogen (secondary N) is 1. The fourth-order valence-corrected chi connectivity index (χ4v) is 1.98. The van der Waals surface area contributed by atoms with Crippen molar-refractivity contribution in [1.82, 2.24) is 0 Å². The maximum Gasteiger partial charge on any atom is 0.224 e. The van der Waals surface area contributed by atoms with Crippen LogP contribution in [-0.4, -0.2) is 12.5 Å². The molecule has 0 bridgehead atoms. The molecule has 0 unspecified atom stereocenters. The molecule has 0 radical (unpaired) electrons. The minimum atomic E-state index is -0.794. The molecule has 1 aromatic rings. The van der Waals surface area contributed by atoms with E-state index in [2.05, 4.69) is 21.2 Å². The van der Waals surface area contributed by atoms with Crippen LogP contribution in [0.2, 0.25) is 0 Å². The van der Waals surface area contributed by atoms with Gasteiger partial charge in [-0.05, 0) is 41.4 Å². The largest absolute Gasteiger partial charge is 0.330 e. The zero-order chi connectivity index (χ0) is 13.5. The van der Waals surface area contributed by atoms with Crippen molar-refractivity contribution in [2.75, 3.05) is 11.9 Å². The van der Waals surface area contributed by atoms with Crippen molar-refractivity contribution in [2.24, 2.45) is 5.73 Å². The third-order valence-corrected chi connectivity index (χ3v) is 3.00. The number of carbonyl (C=O) groups is 1. The van der Waals surface area contributed by atoms with E-state index < -0.39 is 11.6 Å². The second-order valence-corrected chi connectivity index (χ2v) is 4.75. The zero-order valence-corrected chi connectivity index (χ0v) is 11.4. The Balaban J connectivity index is 2.54. The summed E-state index contributed by atoms with van der Waals surface area (Å²) in [5, 5.41) is 2.42. The first kappa shape index (κ1) is 15.0. The summed E-state index contributed by atoms with van der Waals surface area (Å²) < 4.78 is 26.4. The number of hydrogen-bond donors (Lipinski definition) is 2. The molecule has 0 spiro atoms. The molecular formula is C12H15BrF2N2O. The van der Waals surface area contributed by atoms with E-state index in [-0.39, 0.29) is 16.1 Å². The first-order valence-electron chi connectivity index (χ1n) is 5.69. The first-order chi connectivity index (χ1) is 8.54. The van der Waals surface area contributed by atoms with Gasteiger partial charge in [0.05, 0.1) is 5.69 Å². The van der Waals surface area contributed by atoms with E-state index in [1.807, 2.05) is 0 Å². The number of unbranched alkanes of at least 4 members (excludes halogenated alkanes) is 2. The Kier molecular flexibility index (Phi) is 6.21. The van der Waals surface area contributed by atoms with Gasteiger partial charge < -0.3 is 11.1 Å². The van der Waals surface area contributed by atoms with Gasteiger partial charge >= 0.3 is 0 Å². The number of benzene rings is 1. The van der Waals surface area contributed by atoms with Crippen molar-refractivity contribution in [3.05, 3.63) is 28.2 Å². The van der Waals surface area contributed by atoms with Crippen LogP contribution >= 0.6 is 15.9 Å². The average Bonchev–Trinajstić information content (AvgIpc) is 2.29. The standard InChI is InChI=1S/C12H15BrF2N2O/c13-9-6-8(14)7-10(15)12(9)17-11(18)4-2-1-3-5-16/h6-7H,1-5,16H2,(H,17,18). The van der Waals surface area contributed by atoms with E-state index in [1.165, 1.54) is 0 Å². The van der Waals surface area contributed by atoms with E-state index in [0.717, 1.165) is 25.0 Å². The van der Waals surface area contributed by atoms with Gasteiger partial charge in [-0.25, -0.2) is 8.78 Å². The van der Waals surface area contributed by atoms with Crippen molar-refractivity contribution in [3.8, 4) is 0 Å². The van der Waals surface area contributed by atoms with E-state index in [1.54, 1.807) is 0 Å². The summed E-state index contributed by atoms with van der Waals surface area (Å²) in [5.74, 6) is -1.78. The minimum absolute atomic E-state index is 0.0276. The van der Waals surface area contributed by atoms with E-state index in [4.69, 9.17) is 5.73 Å². The molecule has 6 heteroatoms. The Morgan fingerprint density at radius 3 is 2.61 bits per heavy atom. The molecule has 0 saturated carbocycles. The highest BCUT2D eigenvalue weighted by molar-refractivity contribution is 9.10. The lowest BCUT2D eigenvalue weighted by molar-refractivity contribution is -0.116. The van der Waals surface area contributed by atoms with Crippen LogP contribution in [0.3, 0.4) is 0 Å². The second-order valence-electron chi connectivity index (χ2n) is 3.89. The van der Waals surface area contributed by atoms with Gasteiger partial charge in [-0.3, -0.25) is 4.79 Å². The van der Waals surface area contributed by atoms with Crippen LogP contribution in [0.25, 0.3) is 0 Å². The number of amides is 1. The van der Waals surface area contributed by atoms with E-state index in [9.17, 15) is 13.6 Å². The van der Waals surface area contributed by atoms with Gasteiger partial charge in [0.1, 0.15) is 5.82 Å². The highest BCUT2D eigenvalue weighted by atomic mass is 79.9. The molecule has 0 aliphatic carbocycles. The van der Waals surface area contributed by atoms with Crippen LogP contribution in [0.4, 0.5) is 14.5 Å². The molecule has 0 aliphatic heterocycles. The predicted molar refractivity (Wildman–Crippen MR) is 70.2 cm³/mol. The van der Waals surface area contributed by atoms with Crippen molar-refractivity contribution in [1.29, 1.82) is 0 Å². The lowest BCUT2D eigenvalue weighted by Gasteiger charge is -2.08. The Morgan fingerprint density at radius 2 is 2.00 bits per heavy atom. The number of carbonyl (C=O) groups excluding carboxylic acids is 1. The van der Waals surface area contributed by atoms with Crippen molar-refractivity contribution < 1.29 is 13.6 Å². The summed E-state index contributed by atoms with van der Waals surface area (Å²) in [6, 6.07) is 1.84. The van der Waals surface area contributed by atoms with Crippen molar-refractivity contribution in [3.63, 3.8) is 0 Å². The van der Waals surface area contributed by atoms with E-state index in [0.29, 0.717) is 19.4 Å². The summed E-state index contributed by atoms with van der Waals surface area (Å²) >= 11 is 3.01. The van der Waals surface area contributed by atoms with Crippen LogP contribution < -0.4 is 11.1 Å². The van der Waals surface area contributed by atoms with Crippen LogP contribution in [0.15, 0.2) is 16.6 Å². The van der Waals surface area contributed by atoms with Gasteiger partial charge in [-0.1, -0.05) is 6.42 Å². The number of hydrogen-bond acceptors (Lipinski definition) is 2. The maximum atomic E-state index is 13.4. The summed E-state index contributed by atoms with van der Waals surface area (Å²) in [5.41, 5.74) is 5.30. The summed E-state index contributed by atoms with van der Waals surface area (Å²) in [4.78, 5) is 11.5. The molecule has 1 aromatic carbocycles. The Bertz CT molecular complexity index is 404. The molecule has 3 nitrogen and oxygen atoms in total. The molecule has 0 atom stereocenters. The third kappa shape index (κ3) is 4.70. The van der Waals surface area contributed by atoms with Crippen LogP contribution in [0.1, 0.15) is 25.7 Å². The summed E-state index contributed by atoms with van der Waals surface area (Å²) in [6.07, 6.45) is 2.71. The van der Waals surface area contributed by atoms with Gasteiger partial charge in [-0.2, -0.15) is 0 Å². The molecule has 3 N–H and O–H groups in total. The van der Waals surface area contributed by atoms with Gasteiger partial charge in [0, 0.05) is 17.0 Å². The van der Waals surface area contributed by atoms with Gasteiger partial charge in [-0.15, -0.1) is 0 Å². The van der Waals surface area contributed by atoms with Gasteiger partial charge in [0.25, 0.3) is 0 Å². The molecule has 1 rings (SSSR count). The predicted octanol–water partition coefficient (Wildman–Crippen LogP) is 3.18. The highest BCUT2D eigenvalue weighted by Crippen LogP contribution is 2.27. The van der Waals surface area contributed by atoms with Crippen molar-refractivity contribution >= 4 is 27.5 Å². The number of halogens is 3. The SMILES string of the molecule is NCCCCCC(=O)Nc1c(F)cc(F)cc1Br. The highest BCUT2D eigenvalue weighted by Gasteiger charge is 2.12. The molecule has 0 aliphatic rings. The second kappa shape index (κ2) is 7.43.